The van der Waals surface area contributed by atoms with Crippen molar-refractivity contribution < 1.29 is 27.8 Å². The molecule has 14 heteroatoms. The molecule has 0 unspecified atom stereocenters. The van der Waals surface area contributed by atoms with Crippen LogP contribution in [-0.2, 0) is 4.79 Å². The van der Waals surface area contributed by atoms with Crippen molar-refractivity contribution in [1.29, 1.82) is 0 Å². The number of carbonyl (C=O) groups excluding carboxylic acids is 1. The lowest BCUT2D eigenvalue weighted by Crippen LogP contribution is -2.17. The van der Waals surface area contributed by atoms with Gasteiger partial charge in [-0.1, -0.05) is 27.7 Å². The van der Waals surface area contributed by atoms with Gasteiger partial charge in [0, 0.05) is 15.7 Å². The maximum Gasteiger partial charge on any atom is 0.573 e. The van der Waals surface area contributed by atoms with Gasteiger partial charge < -0.3 is 15.2 Å². The van der Waals surface area contributed by atoms with Crippen LogP contribution < -0.4 is 15.5 Å². The van der Waals surface area contributed by atoms with Crippen LogP contribution in [0.4, 0.5) is 24.8 Å². The van der Waals surface area contributed by atoms with Gasteiger partial charge in [-0.3, -0.25) is 4.79 Å². The van der Waals surface area contributed by atoms with Gasteiger partial charge in [-0.2, -0.15) is 10.1 Å². The number of aromatic amines is 1. The summed E-state index contributed by atoms with van der Waals surface area (Å²) >= 11 is 4.33. The van der Waals surface area contributed by atoms with Crippen molar-refractivity contribution in [3.8, 4) is 11.5 Å². The predicted octanol–water partition coefficient (Wildman–Crippen LogP) is 4.35. The molecule has 9 nitrogen and oxygen atoms in total. The molecule has 0 aliphatic carbocycles. The molecule has 0 aliphatic rings. The van der Waals surface area contributed by atoms with Crippen LogP contribution in [0.15, 0.2) is 57.2 Å². The molecule has 0 spiro atoms. The first-order chi connectivity index (χ1) is 15.2. The van der Waals surface area contributed by atoms with Crippen molar-refractivity contribution in [1.82, 2.24) is 15.2 Å². The number of thioether (sulfide) groups is 1. The monoisotopic (exact) mass is 530 g/mol. The van der Waals surface area contributed by atoms with Crippen molar-refractivity contribution in [2.75, 3.05) is 16.5 Å². The van der Waals surface area contributed by atoms with E-state index in [1.54, 1.807) is 12.1 Å². The molecule has 1 heterocycles. The molecule has 32 heavy (non-hydrogen) atoms. The highest BCUT2D eigenvalue weighted by molar-refractivity contribution is 9.10. The Morgan fingerprint density at radius 2 is 2.03 bits per heavy atom. The van der Waals surface area contributed by atoms with E-state index in [1.807, 2.05) is 0 Å². The summed E-state index contributed by atoms with van der Waals surface area (Å²) in [5.41, 5.74) is 3.41. The third-order valence-electron chi connectivity index (χ3n) is 3.53. The van der Waals surface area contributed by atoms with E-state index >= 15 is 0 Å². The van der Waals surface area contributed by atoms with Crippen LogP contribution in [0.25, 0.3) is 0 Å². The zero-order valence-electron chi connectivity index (χ0n) is 15.9. The van der Waals surface area contributed by atoms with E-state index in [0.717, 1.165) is 28.4 Å². The second-order valence-electron chi connectivity index (χ2n) is 5.95. The minimum atomic E-state index is -4.78. The SMILES string of the molecule is O=C(CSc1n[nH]c(N/N=C/c2cc(Br)ccc2O)n1)Nc1ccc(OC(F)(F)F)cc1. The largest absolute Gasteiger partial charge is 0.573 e. The molecule has 0 atom stereocenters. The molecular weight excluding hydrogens is 517 g/mol. The van der Waals surface area contributed by atoms with E-state index < -0.39 is 12.3 Å². The fourth-order valence-electron chi connectivity index (χ4n) is 2.22. The van der Waals surface area contributed by atoms with Crippen LogP contribution in [0.1, 0.15) is 5.56 Å². The lowest BCUT2D eigenvalue weighted by atomic mass is 10.2. The predicted molar refractivity (Wildman–Crippen MR) is 116 cm³/mol. The number of hydrazone groups is 1. The number of alkyl halides is 3. The van der Waals surface area contributed by atoms with Crippen molar-refractivity contribution in [3.63, 3.8) is 0 Å². The maximum atomic E-state index is 12.2. The number of aromatic hydroxyl groups is 1. The first-order valence-electron chi connectivity index (χ1n) is 8.66. The average Bonchev–Trinajstić information content (AvgIpc) is 3.17. The highest BCUT2D eigenvalue weighted by Gasteiger charge is 2.30. The van der Waals surface area contributed by atoms with E-state index in [4.69, 9.17) is 0 Å². The molecule has 2 aromatic carbocycles. The number of H-pyrrole nitrogens is 1. The van der Waals surface area contributed by atoms with E-state index in [9.17, 15) is 23.1 Å². The topological polar surface area (TPSA) is 125 Å². The zero-order valence-corrected chi connectivity index (χ0v) is 18.3. The van der Waals surface area contributed by atoms with Crippen LogP contribution in [-0.4, -0.2) is 44.5 Å². The number of carbonyl (C=O) groups is 1. The van der Waals surface area contributed by atoms with Gasteiger partial charge in [0.05, 0.1) is 12.0 Å². The van der Waals surface area contributed by atoms with Crippen LogP contribution in [0.2, 0.25) is 0 Å². The van der Waals surface area contributed by atoms with Gasteiger partial charge in [0.2, 0.25) is 17.0 Å². The number of hydrogen-bond acceptors (Lipinski definition) is 8. The van der Waals surface area contributed by atoms with Gasteiger partial charge in [-0.25, -0.2) is 10.5 Å². The Labute approximate surface area is 191 Å². The lowest BCUT2D eigenvalue weighted by molar-refractivity contribution is -0.274. The van der Waals surface area contributed by atoms with Gasteiger partial charge >= 0.3 is 6.36 Å². The summed E-state index contributed by atoms with van der Waals surface area (Å²) in [6.45, 7) is 0. The van der Waals surface area contributed by atoms with Crippen LogP contribution in [0.3, 0.4) is 0 Å². The van der Waals surface area contributed by atoms with Crippen molar-refractivity contribution in [2.45, 2.75) is 11.5 Å². The number of phenols is 1. The van der Waals surface area contributed by atoms with Gasteiger partial charge in [-0.15, -0.1) is 18.3 Å². The van der Waals surface area contributed by atoms with E-state index in [0.29, 0.717) is 11.3 Å². The summed E-state index contributed by atoms with van der Waals surface area (Å²) in [7, 11) is 0. The number of anilines is 2. The molecule has 1 amide bonds. The smallest absolute Gasteiger partial charge is 0.507 e. The van der Waals surface area contributed by atoms with Crippen LogP contribution >= 0.6 is 27.7 Å². The number of nitrogens with one attached hydrogen (secondary N) is 3. The zero-order chi connectivity index (χ0) is 23.1. The maximum absolute atomic E-state index is 12.2. The van der Waals surface area contributed by atoms with Crippen LogP contribution in [0, 0.1) is 0 Å². The summed E-state index contributed by atoms with van der Waals surface area (Å²) < 4.78 is 41.0. The third-order valence-corrected chi connectivity index (χ3v) is 4.87. The number of nitrogens with zero attached hydrogens (tertiary/aromatic N) is 3. The first kappa shape index (κ1) is 23.4. The molecule has 1 aromatic heterocycles. The number of ether oxygens (including phenoxy) is 1. The Morgan fingerprint density at radius 1 is 1.28 bits per heavy atom. The highest BCUT2D eigenvalue weighted by atomic mass is 79.9. The van der Waals surface area contributed by atoms with Crippen molar-refractivity contribution in [3.05, 3.63) is 52.5 Å². The molecule has 0 fully saturated rings. The molecule has 0 aliphatic heterocycles. The first-order valence-corrected chi connectivity index (χ1v) is 10.4. The van der Waals surface area contributed by atoms with Gasteiger partial charge in [0.15, 0.2) is 0 Å². The molecule has 3 rings (SSSR count). The second-order valence-corrected chi connectivity index (χ2v) is 7.81. The van der Waals surface area contributed by atoms with E-state index in [-0.39, 0.29) is 28.4 Å². The van der Waals surface area contributed by atoms with Gasteiger partial charge in [0.1, 0.15) is 11.5 Å². The summed E-state index contributed by atoms with van der Waals surface area (Å²) in [6, 6.07) is 9.66. The molecule has 3 aromatic rings. The standard InChI is InChI=1S/C18H14BrF3N6O3S/c19-11-1-6-14(29)10(7-11)8-23-26-16-25-17(28-27-16)32-9-15(30)24-12-2-4-13(5-3-12)31-18(20,21)22/h1-8,29H,9H2,(H,24,30)(H2,25,26,27,28)/b23-8+. The number of rotatable bonds is 8. The minimum absolute atomic E-state index is 0.0344. The molecule has 0 bridgehead atoms. The molecule has 0 saturated heterocycles. The quantitative estimate of drug-likeness (QED) is 0.194. The van der Waals surface area contributed by atoms with Crippen molar-refractivity contribution >= 4 is 51.4 Å². The number of aromatic nitrogens is 3. The highest BCUT2D eigenvalue weighted by Crippen LogP contribution is 2.24. The fraction of sp³-hybridized carbons (Fsp3) is 0.111. The number of amides is 1. The van der Waals surface area contributed by atoms with E-state index in [2.05, 4.69) is 51.7 Å². The Balaban J connectivity index is 1.46. The molecule has 0 radical (unpaired) electrons. The summed E-state index contributed by atoms with van der Waals surface area (Å²) in [6.07, 6.45) is -3.38. The Hall–Kier alpha value is -3.26. The number of halogens is 4. The number of phenolic OH excluding ortho intramolecular Hbond substituents is 1. The minimum Gasteiger partial charge on any atom is -0.507 e. The van der Waals surface area contributed by atoms with Crippen LogP contribution in [0.5, 0.6) is 11.5 Å². The number of benzene rings is 2. The Morgan fingerprint density at radius 3 is 2.75 bits per heavy atom. The summed E-state index contributed by atoms with van der Waals surface area (Å²) in [4.78, 5) is 16.1. The van der Waals surface area contributed by atoms with Crippen molar-refractivity contribution in [2.24, 2.45) is 5.10 Å². The summed E-state index contributed by atoms with van der Waals surface area (Å²) in [5.74, 6) is -0.543. The third kappa shape index (κ3) is 7.46. The van der Waals surface area contributed by atoms with E-state index in [1.165, 1.54) is 24.4 Å². The lowest BCUT2D eigenvalue weighted by Gasteiger charge is -2.09. The molecule has 4 N–H and O–H groups in total. The molecular formula is C18H14BrF3N6O3S. The molecule has 0 saturated carbocycles. The Bertz CT molecular complexity index is 1110. The fourth-order valence-corrected chi connectivity index (χ4v) is 3.20. The summed E-state index contributed by atoms with van der Waals surface area (Å²) in [5, 5.41) is 23.0. The molecule has 168 valence electrons. The Kier molecular flexibility index (Phi) is 7.58. The number of hydrogen-bond donors (Lipinski definition) is 4. The normalized spacial score (nSPS) is 11.5. The second kappa shape index (κ2) is 10.4. The van der Waals surface area contributed by atoms with Gasteiger partial charge in [-0.05, 0) is 42.5 Å². The average molecular weight is 531 g/mol. The van der Waals surface area contributed by atoms with Gasteiger partial charge in [0.25, 0.3) is 0 Å².